The van der Waals surface area contributed by atoms with Crippen molar-refractivity contribution in [2.45, 2.75) is 39.7 Å². The van der Waals surface area contributed by atoms with Crippen LogP contribution in [0, 0.1) is 6.92 Å². The number of nitrogens with one attached hydrogen (secondary N) is 3. The molecule has 0 aliphatic rings. The van der Waals surface area contributed by atoms with Gasteiger partial charge in [0.1, 0.15) is 17.9 Å². The predicted octanol–water partition coefficient (Wildman–Crippen LogP) is 6.11. The average Bonchev–Trinajstić information content (AvgIpc) is 2.76. The molecule has 35 heavy (non-hydrogen) atoms. The second-order valence-corrected chi connectivity index (χ2v) is 13.5. The fourth-order valence-corrected chi connectivity index (χ4v) is 4.94. The van der Waals surface area contributed by atoms with E-state index in [9.17, 15) is 4.57 Å². The average molecular weight is 516 g/mol. The van der Waals surface area contributed by atoms with Crippen LogP contribution >= 0.6 is 18.7 Å². The summed E-state index contributed by atoms with van der Waals surface area (Å²) in [5.74, 6) is 1.49. The highest BCUT2D eigenvalue weighted by molar-refractivity contribution is 7.70. The van der Waals surface area contributed by atoms with Crippen LogP contribution in [-0.4, -0.2) is 42.5 Å². The summed E-state index contributed by atoms with van der Waals surface area (Å²) in [6.07, 6.45) is 2.43. The van der Waals surface area contributed by atoms with Crippen LogP contribution in [0.15, 0.2) is 42.6 Å². The molecule has 0 spiro atoms. The van der Waals surface area contributed by atoms with Crippen LogP contribution < -0.4 is 26.0 Å². The molecule has 0 atom stereocenters. The molecular weight excluding hydrogens is 481 g/mol. The summed E-state index contributed by atoms with van der Waals surface area (Å²) in [4.78, 5) is 8.91. The van der Waals surface area contributed by atoms with Gasteiger partial charge in [0.2, 0.25) is 5.95 Å². The van der Waals surface area contributed by atoms with E-state index in [1.807, 2.05) is 36.4 Å². The molecule has 7 nitrogen and oxygen atoms in total. The van der Waals surface area contributed by atoms with Crippen LogP contribution in [0.1, 0.15) is 31.9 Å². The molecule has 0 saturated carbocycles. The summed E-state index contributed by atoms with van der Waals surface area (Å²) in [6, 6.07) is 11.5. The molecule has 0 bridgehead atoms. The zero-order valence-electron chi connectivity index (χ0n) is 21.5. The normalized spacial score (nSPS) is 11.9. The van der Waals surface area contributed by atoms with Gasteiger partial charge in [-0.25, -0.2) is 4.98 Å². The minimum Gasteiger partial charge on any atom is -0.495 e. The lowest BCUT2D eigenvalue weighted by Crippen LogP contribution is -2.37. The molecular formula is C26H35ClN5O2P. The number of halogens is 1. The molecule has 0 saturated heterocycles. The number of methoxy groups -OCH3 is 1. The highest BCUT2D eigenvalue weighted by Crippen LogP contribution is 2.39. The van der Waals surface area contributed by atoms with Crippen molar-refractivity contribution in [3.8, 4) is 5.75 Å². The fourth-order valence-electron chi connectivity index (χ4n) is 3.65. The van der Waals surface area contributed by atoms with Crippen LogP contribution in [0.4, 0.5) is 23.1 Å². The summed E-state index contributed by atoms with van der Waals surface area (Å²) < 4.78 is 18.4. The summed E-state index contributed by atoms with van der Waals surface area (Å²) in [5.41, 5.74) is 3.89. The molecule has 188 valence electrons. The smallest absolute Gasteiger partial charge is 0.229 e. The van der Waals surface area contributed by atoms with Crippen LogP contribution in [0.5, 0.6) is 5.75 Å². The first-order valence-corrected chi connectivity index (χ1v) is 14.5. The first-order valence-electron chi connectivity index (χ1n) is 11.5. The highest BCUT2D eigenvalue weighted by Gasteiger charge is 2.18. The van der Waals surface area contributed by atoms with Gasteiger partial charge >= 0.3 is 0 Å². The number of aromatic nitrogens is 2. The van der Waals surface area contributed by atoms with E-state index in [2.05, 4.69) is 53.6 Å². The minimum atomic E-state index is -2.50. The molecule has 1 heterocycles. The van der Waals surface area contributed by atoms with Gasteiger partial charge in [-0.2, -0.15) is 4.98 Å². The molecule has 0 radical (unpaired) electrons. The van der Waals surface area contributed by atoms with Crippen molar-refractivity contribution in [3.05, 3.63) is 58.7 Å². The Labute approximate surface area is 213 Å². The molecule has 0 aliphatic carbocycles. The molecule has 3 aromatic rings. The van der Waals surface area contributed by atoms with Crippen LogP contribution in [-0.2, 0) is 11.0 Å². The topological polar surface area (TPSA) is 88.2 Å². The maximum atomic E-state index is 12.7. The molecule has 2 aromatic carbocycles. The van der Waals surface area contributed by atoms with Crippen molar-refractivity contribution in [2.75, 3.05) is 37.6 Å². The number of nitrogens with zero attached hydrogens (tertiary/aromatic N) is 2. The lowest BCUT2D eigenvalue weighted by molar-refractivity contribution is 0.414. The number of ether oxygens (including phenoxy) is 1. The van der Waals surface area contributed by atoms with Crippen LogP contribution in [0.3, 0.4) is 0 Å². The first kappa shape index (κ1) is 27.0. The van der Waals surface area contributed by atoms with E-state index in [1.54, 1.807) is 20.4 Å². The molecule has 0 unspecified atom stereocenters. The molecule has 9 heteroatoms. The van der Waals surface area contributed by atoms with Gasteiger partial charge in [-0.15, -0.1) is 0 Å². The molecule has 3 N–H and O–H groups in total. The quantitative estimate of drug-likeness (QED) is 0.296. The van der Waals surface area contributed by atoms with Gasteiger partial charge in [0.05, 0.1) is 24.7 Å². The Kier molecular flexibility index (Phi) is 8.47. The number of rotatable bonds is 9. The fraction of sp³-hybridized carbons (Fsp3) is 0.385. The third-order valence-corrected chi connectivity index (χ3v) is 7.26. The van der Waals surface area contributed by atoms with Gasteiger partial charge in [-0.05, 0) is 89.4 Å². The first-order chi connectivity index (χ1) is 16.4. The van der Waals surface area contributed by atoms with E-state index in [1.165, 1.54) is 11.8 Å². The second kappa shape index (κ2) is 11.0. The molecule has 1 aromatic heterocycles. The number of hydrogen-bond acceptors (Lipinski definition) is 7. The minimum absolute atomic E-state index is 0.0723. The van der Waals surface area contributed by atoms with Crippen molar-refractivity contribution in [2.24, 2.45) is 0 Å². The van der Waals surface area contributed by atoms with Crippen LogP contribution in [0.2, 0.25) is 5.02 Å². The number of anilines is 4. The van der Waals surface area contributed by atoms with Gasteiger partial charge in [-0.3, -0.25) is 0 Å². The lowest BCUT2D eigenvalue weighted by Gasteiger charge is -2.21. The van der Waals surface area contributed by atoms with Crippen LogP contribution in [0.25, 0.3) is 0 Å². The van der Waals surface area contributed by atoms with Gasteiger partial charge < -0.3 is 25.3 Å². The third kappa shape index (κ3) is 7.44. The van der Waals surface area contributed by atoms with Crippen molar-refractivity contribution in [1.29, 1.82) is 0 Å². The summed E-state index contributed by atoms with van der Waals surface area (Å²) in [6.45, 7) is 12.9. The van der Waals surface area contributed by atoms with Gasteiger partial charge in [-0.1, -0.05) is 23.7 Å². The Hall–Kier alpha value is -2.60. The molecule has 0 amide bonds. The largest absolute Gasteiger partial charge is 0.495 e. The zero-order valence-corrected chi connectivity index (χ0v) is 23.1. The number of aryl methyl sites for hydroxylation is 1. The maximum Gasteiger partial charge on any atom is 0.229 e. The van der Waals surface area contributed by atoms with E-state index < -0.39 is 7.14 Å². The Morgan fingerprint density at radius 1 is 1.09 bits per heavy atom. The lowest BCUT2D eigenvalue weighted by atomic mass is 10.0. The number of para-hydroxylation sites is 1. The molecule has 0 fully saturated rings. The zero-order chi connectivity index (χ0) is 25.8. The summed E-state index contributed by atoms with van der Waals surface area (Å²) in [7, 11) is -0.852. The van der Waals surface area contributed by atoms with E-state index in [0.717, 1.165) is 29.5 Å². The summed E-state index contributed by atoms with van der Waals surface area (Å²) >= 11 is 6.39. The Bertz CT molecular complexity index is 1240. The maximum absolute atomic E-state index is 12.7. The van der Waals surface area contributed by atoms with E-state index in [0.29, 0.717) is 28.2 Å². The number of benzene rings is 2. The molecule has 3 rings (SSSR count). The highest BCUT2D eigenvalue weighted by atomic mass is 35.5. The monoisotopic (exact) mass is 515 g/mol. The van der Waals surface area contributed by atoms with Crippen molar-refractivity contribution >= 4 is 47.2 Å². The van der Waals surface area contributed by atoms with E-state index in [-0.39, 0.29) is 5.54 Å². The predicted molar refractivity (Wildman–Crippen MR) is 148 cm³/mol. The van der Waals surface area contributed by atoms with E-state index >= 15 is 0 Å². The Morgan fingerprint density at radius 3 is 2.46 bits per heavy atom. The van der Waals surface area contributed by atoms with Gasteiger partial charge in [0.15, 0.2) is 5.82 Å². The van der Waals surface area contributed by atoms with Gasteiger partial charge in [0, 0.05) is 10.8 Å². The Balaban J connectivity index is 1.85. The second-order valence-electron chi connectivity index (χ2n) is 9.91. The number of hydrogen-bond donors (Lipinski definition) is 3. The standard InChI is InChI=1S/C26H35ClN5O2P/c1-17-14-21(22(34-5)15-18(17)12-13-29-26(2,3)4)31-25-28-16-19(27)24(32-25)30-20-10-8-9-11-23(20)35(6,7)33/h8-11,14-16,29H,12-13H2,1-7H3,(H2,28,30,31,32). The SMILES string of the molecule is COc1cc(CCNC(C)(C)C)c(C)cc1Nc1ncc(Cl)c(Nc2ccccc2P(C)(C)=O)n1. The van der Waals surface area contributed by atoms with Crippen molar-refractivity contribution < 1.29 is 9.30 Å². The molecule has 0 aliphatic heterocycles. The Morgan fingerprint density at radius 2 is 1.80 bits per heavy atom. The third-order valence-electron chi connectivity index (χ3n) is 5.44. The summed E-state index contributed by atoms with van der Waals surface area (Å²) in [5, 5.41) is 11.1. The van der Waals surface area contributed by atoms with E-state index in [4.69, 9.17) is 16.3 Å². The van der Waals surface area contributed by atoms with Crippen molar-refractivity contribution in [3.63, 3.8) is 0 Å². The van der Waals surface area contributed by atoms with Crippen molar-refractivity contribution in [1.82, 2.24) is 15.3 Å². The van der Waals surface area contributed by atoms with Gasteiger partial charge in [0.25, 0.3) is 0 Å².